The average molecular weight is 297 g/mol. The van der Waals surface area contributed by atoms with Crippen LogP contribution in [0.3, 0.4) is 0 Å². The standard InChI is InChI=1S/C16H19N5O/c22-16(14-6-11-1-3-13(14)5-11)19-8-12-2-4-15(18-7-12)21-10-17-9-20-21/h2,4,7,9-11,13-14H,1,3,5-6,8H2,(H,19,22)/t11-,13-,14+/m0/s1. The van der Waals surface area contributed by atoms with E-state index in [2.05, 4.69) is 20.4 Å². The second kappa shape index (κ2) is 5.51. The van der Waals surface area contributed by atoms with Crippen molar-refractivity contribution in [3.63, 3.8) is 0 Å². The molecule has 2 bridgehead atoms. The summed E-state index contributed by atoms with van der Waals surface area (Å²) in [5.41, 5.74) is 1.00. The Balaban J connectivity index is 1.35. The van der Waals surface area contributed by atoms with Gasteiger partial charge in [-0.2, -0.15) is 5.10 Å². The van der Waals surface area contributed by atoms with E-state index in [-0.39, 0.29) is 11.8 Å². The summed E-state index contributed by atoms with van der Waals surface area (Å²) in [6.07, 6.45) is 9.76. The molecule has 22 heavy (non-hydrogen) atoms. The number of hydrogen-bond donors (Lipinski definition) is 1. The van der Waals surface area contributed by atoms with Crippen molar-refractivity contribution in [3.05, 3.63) is 36.5 Å². The van der Waals surface area contributed by atoms with Crippen LogP contribution in [0.5, 0.6) is 0 Å². The molecule has 2 saturated carbocycles. The lowest BCUT2D eigenvalue weighted by atomic mass is 9.88. The summed E-state index contributed by atoms with van der Waals surface area (Å²) >= 11 is 0. The van der Waals surface area contributed by atoms with E-state index in [1.165, 1.54) is 25.6 Å². The van der Waals surface area contributed by atoms with Crippen LogP contribution >= 0.6 is 0 Å². The van der Waals surface area contributed by atoms with Gasteiger partial charge in [0.1, 0.15) is 12.7 Å². The van der Waals surface area contributed by atoms with Gasteiger partial charge in [-0.3, -0.25) is 4.79 Å². The summed E-state index contributed by atoms with van der Waals surface area (Å²) in [5.74, 6) is 2.59. The minimum atomic E-state index is 0.215. The highest BCUT2D eigenvalue weighted by atomic mass is 16.1. The van der Waals surface area contributed by atoms with Crippen LogP contribution in [0.25, 0.3) is 5.82 Å². The molecule has 0 aromatic carbocycles. The Labute approximate surface area is 129 Å². The molecule has 2 aromatic heterocycles. The number of carbonyl (C=O) groups excluding carboxylic acids is 1. The summed E-state index contributed by atoms with van der Waals surface area (Å²) in [4.78, 5) is 20.6. The molecule has 0 radical (unpaired) electrons. The van der Waals surface area contributed by atoms with Gasteiger partial charge in [0.05, 0.1) is 0 Å². The molecule has 0 spiro atoms. The predicted octanol–water partition coefficient (Wildman–Crippen LogP) is 1.71. The lowest BCUT2D eigenvalue weighted by Crippen LogP contribution is -2.33. The van der Waals surface area contributed by atoms with E-state index in [4.69, 9.17) is 0 Å². The summed E-state index contributed by atoms with van der Waals surface area (Å²) in [7, 11) is 0. The molecule has 1 N–H and O–H groups in total. The Kier molecular flexibility index (Phi) is 3.36. The minimum Gasteiger partial charge on any atom is -0.352 e. The highest BCUT2D eigenvalue weighted by Gasteiger charge is 2.42. The second-order valence-electron chi connectivity index (χ2n) is 6.36. The van der Waals surface area contributed by atoms with Crippen molar-refractivity contribution in [3.8, 4) is 5.82 Å². The number of pyridine rings is 1. The lowest BCUT2D eigenvalue weighted by Gasteiger charge is -2.20. The molecule has 2 heterocycles. The highest BCUT2D eigenvalue weighted by Crippen LogP contribution is 2.48. The number of nitrogens with zero attached hydrogens (tertiary/aromatic N) is 4. The van der Waals surface area contributed by atoms with E-state index in [1.807, 2.05) is 12.1 Å². The van der Waals surface area contributed by atoms with Crippen LogP contribution in [-0.4, -0.2) is 25.7 Å². The summed E-state index contributed by atoms with van der Waals surface area (Å²) in [5, 5.41) is 7.10. The minimum absolute atomic E-state index is 0.215. The summed E-state index contributed by atoms with van der Waals surface area (Å²) in [6, 6.07) is 3.85. The van der Waals surface area contributed by atoms with Crippen molar-refractivity contribution >= 4 is 5.91 Å². The van der Waals surface area contributed by atoms with Gasteiger partial charge >= 0.3 is 0 Å². The maximum atomic E-state index is 12.3. The molecule has 0 saturated heterocycles. The van der Waals surface area contributed by atoms with Crippen molar-refractivity contribution in [1.29, 1.82) is 0 Å². The van der Waals surface area contributed by atoms with Crippen LogP contribution in [-0.2, 0) is 11.3 Å². The van der Waals surface area contributed by atoms with Crippen LogP contribution < -0.4 is 5.32 Å². The van der Waals surface area contributed by atoms with Crippen LogP contribution in [0.15, 0.2) is 31.0 Å². The van der Waals surface area contributed by atoms with Gasteiger partial charge in [0.15, 0.2) is 5.82 Å². The van der Waals surface area contributed by atoms with Crippen molar-refractivity contribution in [2.24, 2.45) is 17.8 Å². The van der Waals surface area contributed by atoms with E-state index in [0.29, 0.717) is 12.5 Å². The Morgan fingerprint density at radius 3 is 2.91 bits per heavy atom. The molecule has 2 aromatic rings. The number of rotatable bonds is 4. The predicted molar refractivity (Wildman–Crippen MR) is 79.9 cm³/mol. The van der Waals surface area contributed by atoms with Crippen LogP contribution in [0.4, 0.5) is 0 Å². The summed E-state index contributed by atoms with van der Waals surface area (Å²) < 4.78 is 1.61. The highest BCUT2D eigenvalue weighted by molar-refractivity contribution is 5.79. The smallest absolute Gasteiger partial charge is 0.223 e. The zero-order valence-corrected chi connectivity index (χ0v) is 12.4. The SMILES string of the molecule is O=C(NCc1ccc(-n2cncn2)nc1)[C@@H]1C[C@H]2CC[C@H]1C2. The molecule has 0 aliphatic heterocycles. The van der Waals surface area contributed by atoms with Crippen molar-refractivity contribution in [1.82, 2.24) is 25.1 Å². The molecular weight excluding hydrogens is 278 g/mol. The van der Waals surface area contributed by atoms with Gasteiger partial charge in [-0.05, 0) is 42.7 Å². The van der Waals surface area contributed by atoms with E-state index >= 15 is 0 Å². The molecule has 1 amide bonds. The third-order valence-corrected chi connectivity index (χ3v) is 5.00. The van der Waals surface area contributed by atoms with Crippen molar-refractivity contribution < 1.29 is 4.79 Å². The number of hydrogen-bond acceptors (Lipinski definition) is 4. The topological polar surface area (TPSA) is 72.7 Å². The monoisotopic (exact) mass is 297 g/mol. The number of fused-ring (bicyclic) bond motifs is 2. The zero-order chi connectivity index (χ0) is 14.9. The average Bonchev–Trinajstić information content (AvgIpc) is 3.29. The Bertz CT molecular complexity index is 652. The number of carbonyl (C=O) groups is 1. The van der Waals surface area contributed by atoms with Crippen LogP contribution in [0.1, 0.15) is 31.2 Å². The van der Waals surface area contributed by atoms with Crippen LogP contribution in [0, 0.1) is 17.8 Å². The van der Waals surface area contributed by atoms with E-state index in [9.17, 15) is 4.79 Å². The molecule has 2 aliphatic rings. The summed E-state index contributed by atoms with van der Waals surface area (Å²) in [6.45, 7) is 0.539. The quantitative estimate of drug-likeness (QED) is 0.932. The fraction of sp³-hybridized carbons (Fsp3) is 0.500. The maximum absolute atomic E-state index is 12.3. The maximum Gasteiger partial charge on any atom is 0.223 e. The fourth-order valence-corrected chi connectivity index (χ4v) is 3.87. The lowest BCUT2D eigenvalue weighted by molar-refractivity contribution is -0.126. The van der Waals surface area contributed by atoms with Crippen LogP contribution in [0.2, 0.25) is 0 Å². The van der Waals surface area contributed by atoms with Gasteiger partial charge in [0, 0.05) is 18.7 Å². The molecule has 2 fully saturated rings. The number of nitrogens with one attached hydrogen (secondary N) is 1. The van der Waals surface area contributed by atoms with Gasteiger partial charge in [-0.25, -0.2) is 14.6 Å². The van der Waals surface area contributed by atoms with E-state index < -0.39 is 0 Å². The molecule has 3 atom stereocenters. The largest absolute Gasteiger partial charge is 0.352 e. The first kappa shape index (κ1) is 13.4. The third kappa shape index (κ3) is 2.49. The Morgan fingerprint density at radius 2 is 2.27 bits per heavy atom. The molecule has 6 nitrogen and oxygen atoms in total. The zero-order valence-electron chi connectivity index (χ0n) is 12.4. The molecule has 4 rings (SSSR count). The van der Waals surface area contributed by atoms with E-state index in [1.54, 1.807) is 17.2 Å². The van der Waals surface area contributed by atoms with Gasteiger partial charge in [-0.1, -0.05) is 12.5 Å². The first-order chi connectivity index (χ1) is 10.8. The third-order valence-electron chi connectivity index (χ3n) is 5.00. The van der Waals surface area contributed by atoms with E-state index in [0.717, 1.165) is 23.7 Å². The van der Waals surface area contributed by atoms with Gasteiger partial charge in [-0.15, -0.1) is 0 Å². The number of aromatic nitrogens is 4. The first-order valence-electron chi connectivity index (χ1n) is 7.87. The van der Waals surface area contributed by atoms with Gasteiger partial charge in [0.2, 0.25) is 5.91 Å². The Morgan fingerprint density at radius 1 is 1.32 bits per heavy atom. The first-order valence-corrected chi connectivity index (χ1v) is 7.87. The molecule has 2 aliphatic carbocycles. The Hall–Kier alpha value is -2.24. The van der Waals surface area contributed by atoms with Gasteiger partial charge < -0.3 is 5.32 Å². The molecular formula is C16H19N5O. The van der Waals surface area contributed by atoms with Gasteiger partial charge in [0.25, 0.3) is 0 Å². The molecule has 114 valence electrons. The fourth-order valence-electron chi connectivity index (χ4n) is 3.87. The number of amides is 1. The second-order valence-corrected chi connectivity index (χ2v) is 6.36. The molecule has 0 unspecified atom stereocenters. The molecule has 6 heteroatoms. The van der Waals surface area contributed by atoms with Crippen molar-refractivity contribution in [2.75, 3.05) is 0 Å². The van der Waals surface area contributed by atoms with Crippen molar-refractivity contribution in [2.45, 2.75) is 32.2 Å². The normalized spacial score (nSPS) is 26.3.